The normalized spacial score (nSPS) is 17.8. The maximum Gasteiger partial charge on any atom is 0.229 e. The SMILES string of the molecule is O=C(Nc1ccccc1)[C@@H]1CCCN(c2ncnc3nc[nH]c23)C1. The molecule has 1 aromatic carbocycles. The van der Waals surface area contributed by atoms with E-state index in [-0.39, 0.29) is 11.8 Å². The molecule has 3 heterocycles. The molecule has 4 rings (SSSR count). The Bertz CT molecular complexity index is 846. The highest BCUT2D eigenvalue weighted by Gasteiger charge is 2.27. The van der Waals surface area contributed by atoms with Gasteiger partial charge in [-0.05, 0) is 25.0 Å². The Balaban J connectivity index is 1.51. The number of para-hydroxylation sites is 1. The van der Waals surface area contributed by atoms with Gasteiger partial charge >= 0.3 is 0 Å². The van der Waals surface area contributed by atoms with Gasteiger partial charge in [0, 0.05) is 18.8 Å². The number of nitrogens with zero attached hydrogens (tertiary/aromatic N) is 4. The van der Waals surface area contributed by atoms with Gasteiger partial charge in [-0.3, -0.25) is 4.79 Å². The molecule has 0 radical (unpaired) electrons. The zero-order valence-electron chi connectivity index (χ0n) is 13.1. The molecule has 3 aromatic rings. The van der Waals surface area contributed by atoms with Gasteiger partial charge in [-0.2, -0.15) is 0 Å². The highest BCUT2D eigenvalue weighted by Crippen LogP contribution is 2.26. The molecular formula is C17H18N6O. The Morgan fingerprint density at radius 3 is 2.96 bits per heavy atom. The van der Waals surface area contributed by atoms with E-state index < -0.39 is 0 Å². The van der Waals surface area contributed by atoms with Gasteiger partial charge in [0.05, 0.1) is 12.2 Å². The average Bonchev–Trinajstić information content (AvgIpc) is 3.11. The molecule has 7 heteroatoms. The van der Waals surface area contributed by atoms with Gasteiger partial charge in [-0.25, -0.2) is 15.0 Å². The van der Waals surface area contributed by atoms with E-state index in [1.54, 1.807) is 6.33 Å². The first-order valence-corrected chi connectivity index (χ1v) is 8.06. The third-order valence-corrected chi connectivity index (χ3v) is 4.34. The van der Waals surface area contributed by atoms with Gasteiger partial charge in [0.1, 0.15) is 11.8 Å². The summed E-state index contributed by atoms with van der Waals surface area (Å²) in [5.74, 6) is 0.808. The summed E-state index contributed by atoms with van der Waals surface area (Å²) in [6.07, 6.45) is 4.97. The first kappa shape index (κ1) is 14.6. The summed E-state index contributed by atoms with van der Waals surface area (Å²) >= 11 is 0. The molecule has 24 heavy (non-hydrogen) atoms. The molecule has 0 bridgehead atoms. The Labute approximate surface area is 139 Å². The number of fused-ring (bicyclic) bond motifs is 1. The summed E-state index contributed by atoms with van der Waals surface area (Å²) in [7, 11) is 0. The van der Waals surface area contributed by atoms with Crippen LogP contribution in [0.4, 0.5) is 11.5 Å². The Kier molecular flexibility index (Phi) is 3.82. The first-order valence-electron chi connectivity index (χ1n) is 8.06. The van der Waals surface area contributed by atoms with Crippen molar-refractivity contribution in [1.82, 2.24) is 19.9 Å². The van der Waals surface area contributed by atoms with Crippen LogP contribution < -0.4 is 10.2 Å². The Hall–Kier alpha value is -2.96. The lowest BCUT2D eigenvalue weighted by molar-refractivity contribution is -0.120. The minimum absolute atomic E-state index is 0.0563. The number of benzene rings is 1. The molecule has 0 saturated carbocycles. The van der Waals surface area contributed by atoms with E-state index in [1.807, 2.05) is 30.3 Å². The molecule has 1 aliphatic rings. The second-order valence-electron chi connectivity index (χ2n) is 5.94. The molecule has 122 valence electrons. The van der Waals surface area contributed by atoms with Crippen molar-refractivity contribution in [3.05, 3.63) is 43.0 Å². The van der Waals surface area contributed by atoms with Crippen LogP contribution >= 0.6 is 0 Å². The molecule has 1 saturated heterocycles. The third-order valence-electron chi connectivity index (χ3n) is 4.34. The first-order chi connectivity index (χ1) is 11.8. The number of piperidine rings is 1. The van der Waals surface area contributed by atoms with Crippen molar-refractivity contribution in [2.75, 3.05) is 23.3 Å². The number of anilines is 2. The summed E-state index contributed by atoms with van der Waals surface area (Å²) in [6.45, 7) is 1.52. The van der Waals surface area contributed by atoms with Gasteiger partial charge in [0.2, 0.25) is 5.91 Å². The van der Waals surface area contributed by atoms with Crippen LogP contribution in [0.1, 0.15) is 12.8 Å². The largest absolute Gasteiger partial charge is 0.354 e. The van der Waals surface area contributed by atoms with Crippen LogP contribution in [0, 0.1) is 5.92 Å². The van der Waals surface area contributed by atoms with Crippen LogP contribution in [0.2, 0.25) is 0 Å². The van der Waals surface area contributed by atoms with E-state index >= 15 is 0 Å². The number of aromatic amines is 1. The number of imidazole rings is 1. The van der Waals surface area contributed by atoms with Gasteiger partial charge in [0.25, 0.3) is 0 Å². The number of amides is 1. The number of hydrogen-bond acceptors (Lipinski definition) is 5. The number of H-pyrrole nitrogens is 1. The van der Waals surface area contributed by atoms with Crippen molar-refractivity contribution in [3.8, 4) is 0 Å². The van der Waals surface area contributed by atoms with E-state index in [1.165, 1.54) is 6.33 Å². The number of hydrogen-bond donors (Lipinski definition) is 2. The van der Waals surface area contributed by atoms with E-state index in [9.17, 15) is 4.79 Å². The van der Waals surface area contributed by atoms with Crippen molar-refractivity contribution in [2.24, 2.45) is 5.92 Å². The van der Waals surface area contributed by atoms with Crippen LogP contribution in [0.25, 0.3) is 11.2 Å². The maximum absolute atomic E-state index is 12.6. The topological polar surface area (TPSA) is 86.8 Å². The highest BCUT2D eigenvalue weighted by atomic mass is 16.1. The predicted octanol–water partition coefficient (Wildman–Crippen LogP) is 2.21. The van der Waals surface area contributed by atoms with Crippen molar-refractivity contribution in [3.63, 3.8) is 0 Å². The quantitative estimate of drug-likeness (QED) is 0.772. The van der Waals surface area contributed by atoms with E-state index in [4.69, 9.17) is 0 Å². The summed E-state index contributed by atoms with van der Waals surface area (Å²) in [6, 6.07) is 9.56. The lowest BCUT2D eigenvalue weighted by Crippen LogP contribution is -2.41. The average molecular weight is 322 g/mol. The lowest BCUT2D eigenvalue weighted by Gasteiger charge is -2.32. The van der Waals surface area contributed by atoms with Gasteiger partial charge in [-0.1, -0.05) is 18.2 Å². The molecule has 2 aromatic heterocycles. The van der Waals surface area contributed by atoms with Crippen molar-refractivity contribution in [1.29, 1.82) is 0 Å². The van der Waals surface area contributed by atoms with Crippen molar-refractivity contribution < 1.29 is 4.79 Å². The molecule has 1 aliphatic heterocycles. The van der Waals surface area contributed by atoms with Crippen LogP contribution in [0.5, 0.6) is 0 Å². The van der Waals surface area contributed by atoms with Gasteiger partial charge in [0.15, 0.2) is 11.5 Å². The second kappa shape index (κ2) is 6.27. The van der Waals surface area contributed by atoms with Crippen molar-refractivity contribution >= 4 is 28.6 Å². The molecule has 0 aliphatic carbocycles. The van der Waals surface area contributed by atoms with Crippen molar-refractivity contribution in [2.45, 2.75) is 12.8 Å². The molecule has 7 nitrogen and oxygen atoms in total. The fraction of sp³-hybridized carbons (Fsp3) is 0.294. The predicted molar refractivity (Wildman–Crippen MR) is 91.7 cm³/mol. The Morgan fingerprint density at radius 1 is 1.21 bits per heavy atom. The number of carbonyl (C=O) groups excluding carboxylic acids is 1. The minimum atomic E-state index is -0.0631. The summed E-state index contributed by atoms with van der Waals surface area (Å²) in [5, 5.41) is 3.00. The van der Waals surface area contributed by atoms with E-state index in [2.05, 4.69) is 30.2 Å². The zero-order valence-corrected chi connectivity index (χ0v) is 13.1. The molecule has 1 fully saturated rings. The maximum atomic E-state index is 12.6. The molecule has 1 amide bonds. The van der Waals surface area contributed by atoms with Crippen LogP contribution in [-0.4, -0.2) is 38.9 Å². The van der Waals surface area contributed by atoms with Crippen LogP contribution in [0.15, 0.2) is 43.0 Å². The second-order valence-corrected chi connectivity index (χ2v) is 5.94. The van der Waals surface area contributed by atoms with E-state index in [0.717, 1.165) is 36.4 Å². The number of nitrogens with one attached hydrogen (secondary N) is 2. The number of aromatic nitrogens is 4. The minimum Gasteiger partial charge on any atom is -0.354 e. The molecule has 1 atom stereocenters. The molecular weight excluding hydrogens is 304 g/mol. The fourth-order valence-electron chi connectivity index (χ4n) is 3.14. The molecule has 2 N–H and O–H groups in total. The monoisotopic (exact) mass is 322 g/mol. The number of rotatable bonds is 3. The van der Waals surface area contributed by atoms with Crippen LogP contribution in [0.3, 0.4) is 0 Å². The summed E-state index contributed by atoms with van der Waals surface area (Å²) in [5.41, 5.74) is 2.30. The molecule has 0 spiro atoms. The standard InChI is InChI=1S/C17H18N6O/c24-17(22-13-6-2-1-3-7-13)12-5-4-8-23(9-12)16-14-15(19-10-18-14)20-11-21-16/h1-3,6-7,10-12H,4-5,8-9H2,(H,22,24)(H,18,19,20,21)/t12-/m1/s1. The molecule has 0 unspecified atom stereocenters. The smallest absolute Gasteiger partial charge is 0.229 e. The van der Waals surface area contributed by atoms with E-state index in [0.29, 0.717) is 12.2 Å². The summed E-state index contributed by atoms with van der Waals surface area (Å²) < 4.78 is 0. The summed E-state index contributed by atoms with van der Waals surface area (Å²) in [4.78, 5) is 30.5. The zero-order chi connectivity index (χ0) is 16.4. The Morgan fingerprint density at radius 2 is 2.08 bits per heavy atom. The van der Waals surface area contributed by atoms with Gasteiger partial charge < -0.3 is 15.2 Å². The number of carbonyl (C=O) groups is 1. The highest BCUT2D eigenvalue weighted by molar-refractivity contribution is 5.93. The third kappa shape index (κ3) is 2.80. The fourth-order valence-corrected chi connectivity index (χ4v) is 3.14. The van der Waals surface area contributed by atoms with Gasteiger partial charge in [-0.15, -0.1) is 0 Å². The lowest BCUT2D eigenvalue weighted by atomic mass is 9.97. The van der Waals surface area contributed by atoms with Crippen LogP contribution in [-0.2, 0) is 4.79 Å².